The molecule has 4 rings (SSSR count). The summed E-state index contributed by atoms with van der Waals surface area (Å²) in [5, 5.41) is 2.62. The van der Waals surface area contributed by atoms with Crippen molar-refractivity contribution in [1.82, 2.24) is 10.2 Å². The zero-order valence-electron chi connectivity index (χ0n) is 17.9. The number of carbonyl (C=O) groups is 2. The molecular formula is C23H25FN2O4S. The number of thioether (sulfide) groups is 1. The molecule has 0 radical (unpaired) electrons. The van der Waals surface area contributed by atoms with Crippen molar-refractivity contribution in [2.45, 2.75) is 36.4 Å². The number of fused-ring (bicyclic) bond motifs is 3. The number of carbonyl (C=O) groups excluding carboxylic acids is 2. The van der Waals surface area contributed by atoms with E-state index in [-0.39, 0.29) is 29.6 Å². The molecule has 31 heavy (non-hydrogen) atoms. The molecule has 2 amide bonds. The van der Waals surface area contributed by atoms with Gasteiger partial charge in [-0.3, -0.25) is 9.59 Å². The Morgan fingerprint density at radius 1 is 1.19 bits per heavy atom. The van der Waals surface area contributed by atoms with Gasteiger partial charge in [0, 0.05) is 16.9 Å². The van der Waals surface area contributed by atoms with Crippen LogP contribution >= 0.6 is 11.8 Å². The van der Waals surface area contributed by atoms with Gasteiger partial charge in [0.1, 0.15) is 17.2 Å². The molecule has 164 valence electrons. The minimum atomic E-state index is -0.668. The molecule has 1 N–H and O–H groups in total. The second-order valence-corrected chi connectivity index (χ2v) is 9.82. The van der Waals surface area contributed by atoms with Gasteiger partial charge >= 0.3 is 0 Å². The Balaban J connectivity index is 1.57. The predicted octanol–water partition coefficient (Wildman–Crippen LogP) is 3.55. The van der Waals surface area contributed by atoms with E-state index < -0.39 is 10.8 Å². The van der Waals surface area contributed by atoms with Gasteiger partial charge in [0.25, 0.3) is 5.91 Å². The lowest BCUT2D eigenvalue weighted by Gasteiger charge is -2.29. The maximum absolute atomic E-state index is 13.9. The molecule has 0 saturated carbocycles. The van der Waals surface area contributed by atoms with Gasteiger partial charge in [-0.25, -0.2) is 4.39 Å². The fourth-order valence-electron chi connectivity index (χ4n) is 4.37. The Hall–Kier alpha value is -2.74. The van der Waals surface area contributed by atoms with E-state index in [1.54, 1.807) is 40.9 Å². The number of hydrogen-bond acceptors (Lipinski definition) is 5. The van der Waals surface area contributed by atoms with Crippen LogP contribution in [0.25, 0.3) is 0 Å². The highest BCUT2D eigenvalue weighted by atomic mass is 32.2. The zero-order valence-corrected chi connectivity index (χ0v) is 18.7. The van der Waals surface area contributed by atoms with Crippen molar-refractivity contribution in [3.63, 3.8) is 0 Å². The zero-order chi connectivity index (χ0) is 22.3. The van der Waals surface area contributed by atoms with Crippen molar-refractivity contribution in [3.05, 3.63) is 58.9 Å². The van der Waals surface area contributed by atoms with Gasteiger partial charge < -0.3 is 19.7 Å². The lowest BCUT2D eigenvalue weighted by molar-refractivity contribution is -0.126. The Bertz CT molecular complexity index is 1040. The van der Waals surface area contributed by atoms with Crippen LogP contribution in [0.15, 0.2) is 36.4 Å². The second kappa shape index (κ2) is 8.07. The number of nitrogens with zero attached hydrogens (tertiary/aromatic N) is 1. The lowest BCUT2D eigenvalue weighted by atomic mass is 10.0. The molecule has 2 unspecified atom stereocenters. The Morgan fingerprint density at radius 2 is 1.94 bits per heavy atom. The number of hydrogen-bond donors (Lipinski definition) is 1. The lowest BCUT2D eigenvalue weighted by Crippen LogP contribution is -2.52. The monoisotopic (exact) mass is 444 g/mol. The van der Waals surface area contributed by atoms with Crippen LogP contribution in [0, 0.1) is 5.82 Å². The highest BCUT2D eigenvalue weighted by Gasteiger charge is 2.58. The average Bonchev–Trinajstić information content (AvgIpc) is 3.17. The molecule has 2 aliphatic heterocycles. The first-order valence-electron chi connectivity index (χ1n) is 10.1. The first-order valence-corrected chi connectivity index (χ1v) is 10.9. The van der Waals surface area contributed by atoms with Crippen molar-refractivity contribution in [1.29, 1.82) is 0 Å². The molecule has 1 fully saturated rings. The minimum absolute atomic E-state index is 0.247. The Morgan fingerprint density at radius 3 is 2.61 bits per heavy atom. The van der Waals surface area contributed by atoms with E-state index in [2.05, 4.69) is 5.32 Å². The molecule has 0 bridgehead atoms. The van der Waals surface area contributed by atoms with Gasteiger partial charge in [0.2, 0.25) is 5.91 Å². The maximum atomic E-state index is 13.9. The van der Waals surface area contributed by atoms with Crippen molar-refractivity contribution < 1.29 is 23.5 Å². The predicted molar refractivity (Wildman–Crippen MR) is 117 cm³/mol. The van der Waals surface area contributed by atoms with Gasteiger partial charge in [-0.15, -0.1) is 11.8 Å². The molecule has 2 aliphatic rings. The first kappa shape index (κ1) is 21.5. The molecule has 6 nitrogen and oxygen atoms in total. The Labute approximate surface area is 185 Å². The van der Waals surface area contributed by atoms with Crippen LogP contribution in [-0.4, -0.2) is 48.3 Å². The molecule has 0 aromatic heterocycles. The summed E-state index contributed by atoms with van der Waals surface area (Å²) in [5.74, 6) is 0.0775. The fraction of sp³-hybridized carbons (Fsp3) is 0.391. The van der Waals surface area contributed by atoms with Crippen LogP contribution in [0.1, 0.15) is 40.7 Å². The van der Waals surface area contributed by atoms with E-state index in [0.717, 1.165) is 5.56 Å². The Kier molecular flexibility index (Phi) is 5.60. The number of benzene rings is 2. The smallest absolute Gasteiger partial charge is 0.260 e. The van der Waals surface area contributed by atoms with Crippen molar-refractivity contribution in [2.24, 2.45) is 0 Å². The SMILES string of the molecule is COc1ccc2c(c1OC)C(=O)N1C2SC(C)(C)C1C(=O)NCCc1ccccc1F. The summed E-state index contributed by atoms with van der Waals surface area (Å²) in [4.78, 5) is 28.2. The summed E-state index contributed by atoms with van der Waals surface area (Å²) < 4.78 is 24.2. The molecule has 2 aromatic carbocycles. The van der Waals surface area contributed by atoms with E-state index in [0.29, 0.717) is 29.0 Å². The number of ether oxygens (including phenoxy) is 2. The summed E-state index contributed by atoms with van der Waals surface area (Å²) in [6.07, 6.45) is 0.376. The third kappa shape index (κ3) is 3.52. The molecule has 0 aliphatic carbocycles. The number of halogens is 1. The van der Waals surface area contributed by atoms with E-state index in [1.807, 2.05) is 19.9 Å². The number of methoxy groups -OCH3 is 2. The number of nitrogens with one attached hydrogen (secondary N) is 1. The van der Waals surface area contributed by atoms with Crippen molar-refractivity contribution in [2.75, 3.05) is 20.8 Å². The highest BCUT2D eigenvalue weighted by Crippen LogP contribution is 2.58. The van der Waals surface area contributed by atoms with Crippen LogP contribution in [0.3, 0.4) is 0 Å². The summed E-state index contributed by atoms with van der Waals surface area (Å²) in [7, 11) is 3.02. The summed E-state index contributed by atoms with van der Waals surface area (Å²) in [6.45, 7) is 4.21. The van der Waals surface area contributed by atoms with Crippen LogP contribution in [0.2, 0.25) is 0 Å². The normalized spacial score (nSPS) is 20.9. The van der Waals surface area contributed by atoms with Crippen LogP contribution < -0.4 is 14.8 Å². The summed E-state index contributed by atoms with van der Waals surface area (Å²) in [5.41, 5.74) is 1.81. The quantitative estimate of drug-likeness (QED) is 0.738. The van der Waals surface area contributed by atoms with Gasteiger partial charge in [-0.05, 0) is 38.0 Å². The van der Waals surface area contributed by atoms with E-state index in [9.17, 15) is 14.0 Å². The van der Waals surface area contributed by atoms with Gasteiger partial charge in [0.15, 0.2) is 11.5 Å². The first-order chi connectivity index (χ1) is 14.8. The van der Waals surface area contributed by atoms with E-state index in [1.165, 1.54) is 20.3 Å². The minimum Gasteiger partial charge on any atom is -0.493 e. The average molecular weight is 445 g/mol. The van der Waals surface area contributed by atoms with Gasteiger partial charge in [0.05, 0.1) is 19.8 Å². The van der Waals surface area contributed by atoms with Gasteiger partial charge in [-0.1, -0.05) is 24.3 Å². The third-order valence-corrected chi connectivity index (χ3v) is 7.33. The summed E-state index contributed by atoms with van der Waals surface area (Å²) >= 11 is 1.57. The van der Waals surface area contributed by atoms with E-state index in [4.69, 9.17) is 9.47 Å². The number of rotatable bonds is 6. The third-order valence-electron chi connectivity index (χ3n) is 5.80. The molecule has 2 aromatic rings. The second-order valence-electron chi connectivity index (χ2n) is 8.09. The summed E-state index contributed by atoms with van der Waals surface area (Å²) in [6, 6.07) is 9.48. The van der Waals surface area contributed by atoms with Crippen LogP contribution in [0.5, 0.6) is 11.5 Å². The molecule has 1 saturated heterocycles. The molecular weight excluding hydrogens is 419 g/mol. The van der Waals surface area contributed by atoms with Crippen LogP contribution in [-0.2, 0) is 11.2 Å². The topological polar surface area (TPSA) is 67.9 Å². The molecule has 0 spiro atoms. The van der Waals surface area contributed by atoms with Gasteiger partial charge in [-0.2, -0.15) is 0 Å². The van der Waals surface area contributed by atoms with Crippen molar-refractivity contribution >= 4 is 23.6 Å². The standard InChI is InChI=1S/C23H25FN2O4S/c1-23(2)19(20(27)25-12-11-13-7-5-6-8-15(13)24)26-21(28)17-14(22(26)31-23)9-10-16(29-3)18(17)30-4/h5-10,19,22H,11-12H2,1-4H3,(H,25,27). The number of amides is 2. The maximum Gasteiger partial charge on any atom is 0.260 e. The van der Waals surface area contributed by atoms with E-state index >= 15 is 0 Å². The van der Waals surface area contributed by atoms with Crippen molar-refractivity contribution in [3.8, 4) is 11.5 Å². The molecule has 8 heteroatoms. The van der Waals surface area contributed by atoms with Crippen LogP contribution in [0.4, 0.5) is 4.39 Å². The highest BCUT2D eigenvalue weighted by molar-refractivity contribution is 8.01. The molecule has 2 atom stereocenters. The largest absolute Gasteiger partial charge is 0.493 e. The fourth-order valence-corrected chi connectivity index (χ4v) is 5.95. The molecule has 2 heterocycles.